The summed E-state index contributed by atoms with van der Waals surface area (Å²) in [5.41, 5.74) is -0.0351. The number of carbonyl (C=O) groups is 2. The summed E-state index contributed by atoms with van der Waals surface area (Å²) in [5, 5.41) is 11.3. The zero-order valence-corrected chi connectivity index (χ0v) is 11.1. The van der Waals surface area contributed by atoms with E-state index in [4.69, 9.17) is 4.74 Å². The number of aliphatic carboxylic acids is 1. The molecule has 108 valence electrons. The molecule has 1 spiro atoms. The van der Waals surface area contributed by atoms with Crippen molar-refractivity contribution in [3.05, 3.63) is 42.2 Å². The first-order chi connectivity index (χ1) is 10.1. The van der Waals surface area contributed by atoms with Crippen molar-refractivity contribution in [2.45, 2.75) is 18.2 Å². The fourth-order valence-corrected chi connectivity index (χ4v) is 3.67. The van der Waals surface area contributed by atoms with Gasteiger partial charge in [-0.25, -0.2) is 0 Å². The third-order valence-electron chi connectivity index (χ3n) is 4.53. The molecule has 0 aliphatic carbocycles. The lowest BCUT2D eigenvalue weighted by Crippen LogP contribution is -2.45. The predicted octanol–water partition coefficient (Wildman–Crippen LogP) is -0.887. The van der Waals surface area contributed by atoms with Crippen LogP contribution < -0.4 is 5.11 Å². The second-order valence-corrected chi connectivity index (χ2v) is 5.73. The van der Waals surface area contributed by atoms with Crippen molar-refractivity contribution in [2.24, 2.45) is 11.8 Å². The van der Waals surface area contributed by atoms with Crippen molar-refractivity contribution >= 4 is 11.9 Å². The number of ether oxygens (including phenoxy) is 1. The molecule has 6 nitrogen and oxygen atoms in total. The maximum absolute atomic E-state index is 12.6. The molecule has 1 aromatic heterocycles. The average Bonchev–Trinajstić information content (AvgIpc) is 3.09. The van der Waals surface area contributed by atoms with E-state index >= 15 is 0 Å². The molecular weight excluding hydrogens is 272 g/mol. The van der Waals surface area contributed by atoms with Gasteiger partial charge in [0.15, 0.2) is 0 Å². The van der Waals surface area contributed by atoms with E-state index in [2.05, 4.69) is 4.98 Å². The first-order valence-corrected chi connectivity index (χ1v) is 6.87. The van der Waals surface area contributed by atoms with E-state index in [1.165, 1.54) is 0 Å². The van der Waals surface area contributed by atoms with Gasteiger partial charge in [-0.2, -0.15) is 0 Å². The molecule has 1 aromatic rings. The Balaban J connectivity index is 1.63. The molecule has 3 aliphatic rings. The van der Waals surface area contributed by atoms with Gasteiger partial charge in [0, 0.05) is 18.1 Å². The standard InChI is InChI=1S/C15H14N2O4/c18-13-12-11(14(19)20)10-4-5-15(12,21-10)8-17(13)7-9-3-1-2-6-16-9/h1-6,10-12H,7-8H2,(H,19,20)/p-1/t10-,11+,12-,15-/m1/s1. The fraction of sp³-hybridized carbons (Fsp3) is 0.400. The number of aromatic nitrogens is 1. The number of carboxylic acids is 1. The monoisotopic (exact) mass is 285 g/mol. The Morgan fingerprint density at radius 3 is 3.10 bits per heavy atom. The van der Waals surface area contributed by atoms with Crippen molar-refractivity contribution in [1.29, 1.82) is 0 Å². The molecule has 4 rings (SSSR count). The molecule has 0 N–H and O–H groups in total. The Kier molecular flexibility index (Phi) is 2.47. The number of pyridine rings is 1. The Morgan fingerprint density at radius 1 is 1.52 bits per heavy atom. The van der Waals surface area contributed by atoms with E-state index in [0.29, 0.717) is 13.1 Å². The summed E-state index contributed by atoms with van der Waals surface area (Å²) in [5.74, 6) is -2.98. The summed E-state index contributed by atoms with van der Waals surface area (Å²) in [7, 11) is 0. The summed E-state index contributed by atoms with van der Waals surface area (Å²) in [6.07, 6.45) is 4.69. The van der Waals surface area contributed by atoms with Gasteiger partial charge in [0.05, 0.1) is 30.8 Å². The van der Waals surface area contributed by atoms with Crippen LogP contribution in [0, 0.1) is 11.8 Å². The number of nitrogens with zero attached hydrogens (tertiary/aromatic N) is 2. The van der Waals surface area contributed by atoms with E-state index in [1.54, 1.807) is 17.2 Å². The number of likely N-dealkylation sites (tertiary alicyclic amines) is 1. The van der Waals surface area contributed by atoms with Gasteiger partial charge in [0.25, 0.3) is 0 Å². The van der Waals surface area contributed by atoms with Crippen LogP contribution in [0.25, 0.3) is 0 Å². The Hall–Kier alpha value is -2.21. The summed E-state index contributed by atoms with van der Waals surface area (Å²) >= 11 is 0. The number of carboxylic acid groups (broad SMARTS) is 1. The molecular formula is C15H13N2O4-. The molecule has 0 saturated carbocycles. The van der Waals surface area contributed by atoms with Gasteiger partial charge in [-0.1, -0.05) is 18.2 Å². The average molecular weight is 285 g/mol. The number of hydrogen-bond donors (Lipinski definition) is 0. The van der Waals surface area contributed by atoms with Crippen molar-refractivity contribution in [1.82, 2.24) is 9.88 Å². The number of carbonyl (C=O) groups excluding carboxylic acids is 2. The lowest BCUT2D eigenvalue weighted by Gasteiger charge is -2.24. The summed E-state index contributed by atoms with van der Waals surface area (Å²) in [4.78, 5) is 29.7. The largest absolute Gasteiger partial charge is 0.550 e. The van der Waals surface area contributed by atoms with E-state index in [1.807, 2.05) is 24.3 Å². The van der Waals surface area contributed by atoms with Gasteiger partial charge in [-0.15, -0.1) is 0 Å². The van der Waals surface area contributed by atoms with Crippen LogP contribution in [0.5, 0.6) is 0 Å². The zero-order valence-electron chi connectivity index (χ0n) is 11.1. The Morgan fingerprint density at radius 2 is 2.38 bits per heavy atom. The van der Waals surface area contributed by atoms with E-state index in [0.717, 1.165) is 5.69 Å². The predicted molar refractivity (Wildman–Crippen MR) is 68.4 cm³/mol. The SMILES string of the molecule is O=C([O-])[C@H]1[C@H]2C=C[C@]3(CN(Cc4ccccn4)C(=O)[C@@H]13)O2. The smallest absolute Gasteiger partial charge is 0.230 e. The third-order valence-corrected chi connectivity index (χ3v) is 4.53. The van der Waals surface area contributed by atoms with Gasteiger partial charge in [0.2, 0.25) is 5.91 Å². The van der Waals surface area contributed by atoms with Crippen LogP contribution in [0.1, 0.15) is 5.69 Å². The van der Waals surface area contributed by atoms with Crippen molar-refractivity contribution in [2.75, 3.05) is 6.54 Å². The molecule has 2 bridgehead atoms. The van der Waals surface area contributed by atoms with Gasteiger partial charge >= 0.3 is 0 Å². The van der Waals surface area contributed by atoms with Crippen LogP contribution in [-0.2, 0) is 20.9 Å². The van der Waals surface area contributed by atoms with E-state index < -0.39 is 29.5 Å². The molecule has 2 saturated heterocycles. The summed E-state index contributed by atoms with van der Waals surface area (Å²) < 4.78 is 5.78. The van der Waals surface area contributed by atoms with E-state index in [-0.39, 0.29) is 5.91 Å². The molecule has 0 aromatic carbocycles. The normalized spacial score (nSPS) is 36.3. The minimum Gasteiger partial charge on any atom is -0.550 e. The molecule has 0 radical (unpaired) electrons. The Labute approximate surface area is 121 Å². The molecule has 1 amide bonds. The summed E-state index contributed by atoms with van der Waals surface area (Å²) in [6.45, 7) is 0.726. The van der Waals surface area contributed by atoms with Crippen molar-refractivity contribution in [3.8, 4) is 0 Å². The molecule has 3 aliphatic heterocycles. The maximum atomic E-state index is 12.6. The first-order valence-electron chi connectivity index (χ1n) is 6.87. The van der Waals surface area contributed by atoms with Crippen LogP contribution in [0.15, 0.2) is 36.5 Å². The van der Waals surface area contributed by atoms with Gasteiger partial charge < -0.3 is 19.5 Å². The number of rotatable bonds is 3. The second kappa shape index (κ2) is 4.14. The van der Waals surface area contributed by atoms with Gasteiger partial charge in [-0.3, -0.25) is 9.78 Å². The van der Waals surface area contributed by atoms with Crippen LogP contribution in [-0.4, -0.2) is 40.0 Å². The zero-order chi connectivity index (χ0) is 14.6. The number of fused-ring (bicyclic) bond motifs is 1. The highest BCUT2D eigenvalue weighted by Gasteiger charge is 2.65. The van der Waals surface area contributed by atoms with E-state index in [9.17, 15) is 14.7 Å². The summed E-state index contributed by atoms with van der Waals surface area (Å²) in [6, 6.07) is 5.50. The Bertz CT molecular complexity index is 644. The molecule has 6 heteroatoms. The second-order valence-electron chi connectivity index (χ2n) is 5.73. The molecule has 21 heavy (non-hydrogen) atoms. The minimum absolute atomic E-state index is 0.193. The lowest BCUT2D eigenvalue weighted by atomic mass is 9.77. The number of hydrogen-bond acceptors (Lipinski definition) is 5. The molecule has 0 unspecified atom stereocenters. The highest BCUT2D eigenvalue weighted by Crippen LogP contribution is 2.51. The van der Waals surface area contributed by atoms with Crippen LogP contribution >= 0.6 is 0 Å². The van der Waals surface area contributed by atoms with Crippen LogP contribution in [0.3, 0.4) is 0 Å². The lowest BCUT2D eigenvalue weighted by molar-refractivity contribution is -0.313. The first kappa shape index (κ1) is 12.5. The van der Waals surface area contributed by atoms with Gasteiger partial charge in [0.1, 0.15) is 5.60 Å². The minimum atomic E-state index is -1.22. The quantitative estimate of drug-likeness (QED) is 0.673. The van der Waals surface area contributed by atoms with Crippen LogP contribution in [0.4, 0.5) is 0 Å². The maximum Gasteiger partial charge on any atom is 0.230 e. The highest BCUT2D eigenvalue weighted by atomic mass is 16.5. The molecule has 4 atom stereocenters. The van der Waals surface area contributed by atoms with Crippen LogP contribution in [0.2, 0.25) is 0 Å². The fourth-order valence-electron chi connectivity index (χ4n) is 3.67. The third kappa shape index (κ3) is 1.65. The topological polar surface area (TPSA) is 82.6 Å². The van der Waals surface area contributed by atoms with Crippen molar-refractivity contribution < 1.29 is 19.4 Å². The molecule has 2 fully saturated rings. The van der Waals surface area contributed by atoms with Crippen molar-refractivity contribution in [3.63, 3.8) is 0 Å². The van der Waals surface area contributed by atoms with Gasteiger partial charge in [-0.05, 0) is 12.1 Å². The molecule has 4 heterocycles. The number of amides is 1. The highest BCUT2D eigenvalue weighted by molar-refractivity contribution is 5.90.